The van der Waals surface area contributed by atoms with Gasteiger partial charge in [0, 0.05) is 19.1 Å². The van der Waals surface area contributed by atoms with Crippen LogP contribution in [0, 0.1) is 11.8 Å². The first-order valence-corrected chi connectivity index (χ1v) is 13.0. The molecule has 9 heteroatoms. The predicted octanol–water partition coefficient (Wildman–Crippen LogP) is 2.34. The number of amides is 2. The molecule has 0 radical (unpaired) electrons. The maximum absolute atomic E-state index is 13.7. The van der Waals surface area contributed by atoms with Gasteiger partial charge in [0.2, 0.25) is 15.9 Å². The topological polar surface area (TPSA) is 96.0 Å². The molecule has 0 aromatic heterocycles. The summed E-state index contributed by atoms with van der Waals surface area (Å²) < 4.78 is 31.4. The fourth-order valence-corrected chi connectivity index (χ4v) is 6.66. The van der Waals surface area contributed by atoms with Crippen LogP contribution in [-0.2, 0) is 19.6 Å². The minimum atomic E-state index is -3.31. The van der Waals surface area contributed by atoms with Crippen LogP contribution in [-0.4, -0.2) is 72.7 Å². The number of carbonyl (C=O) groups is 2. The van der Waals surface area contributed by atoms with E-state index in [-0.39, 0.29) is 29.8 Å². The first-order valence-electron chi connectivity index (χ1n) is 11.2. The molecule has 0 aromatic rings. The summed E-state index contributed by atoms with van der Waals surface area (Å²) in [6.45, 7) is 8.36. The molecule has 30 heavy (non-hydrogen) atoms. The van der Waals surface area contributed by atoms with E-state index in [0.717, 1.165) is 32.1 Å². The van der Waals surface area contributed by atoms with Gasteiger partial charge in [0.05, 0.1) is 12.3 Å². The molecule has 2 amide bonds. The fraction of sp³-hybridized carbons (Fsp3) is 0.905. The Morgan fingerprint density at radius 1 is 1.10 bits per heavy atom. The van der Waals surface area contributed by atoms with Gasteiger partial charge in [-0.15, -0.1) is 0 Å². The lowest BCUT2D eigenvalue weighted by Gasteiger charge is -2.36. The minimum absolute atomic E-state index is 0.0599. The monoisotopic (exact) mass is 443 g/mol. The molecular formula is C21H37N3O5S. The molecule has 172 valence electrons. The van der Waals surface area contributed by atoms with E-state index in [1.165, 1.54) is 6.26 Å². The number of nitrogens with one attached hydrogen (secondary N) is 1. The first kappa shape index (κ1) is 23.3. The van der Waals surface area contributed by atoms with E-state index in [2.05, 4.69) is 5.32 Å². The van der Waals surface area contributed by atoms with Crippen LogP contribution in [0.15, 0.2) is 0 Å². The number of nitrogens with zero attached hydrogens (tertiary/aromatic N) is 2. The summed E-state index contributed by atoms with van der Waals surface area (Å²) >= 11 is 0. The van der Waals surface area contributed by atoms with Crippen molar-refractivity contribution in [1.29, 1.82) is 0 Å². The Hall–Kier alpha value is -1.35. The lowest BCUT2D eigenvalue weighted by Crippen LogP contribution is -2.55. The summed E-state index contributed by atoms with van der Waals surface area (Å²) in [6.07, 6.45) is 6.36. The number of hydrogen-bond acceptors (Lipinski definition) is 5. The Bertz CT molecular complexity index is 757. The van der Waals surface area contributed by atoms with E-state index in [9.17, 15) is 18.0 Å². The SMILES string of the molecule is CC1CN(S(C)(=O)=O)C2CCN(C(=O)C(NC(=O)OC(C)(C)C)C3CCCCC3)C12. The molecule has 0 spiro atoms. The number of fused-ring (bicyclic) bond motifs is 1. The van der Waals surface area contributed by atoms with Gasteiger partial charge in [-0.05, 0) is 51.9 Å². The summed E-state index contributed by atoms with van der Waals surface area (Å²) in [5, 5.41) is 2.87. The normalized spacial score (nSPS) is 29.5. The molecule has 1 aliphatic carbocycles. The zero-order chi connectivity index (χ0) is 22.3. The van der Waals surface area contributed by atoms with E-state index in [0.29, 0.717) is 19.5 Å². The van der Waals surface area contributed by atoms with Crippen molar-refractivity contribution < 1.29 is 22.7 Å². The van der Waals surface area contributed by atoms with Crippen molar-refractivity contribution in [3.05, 3.63) is 0 Å². The highest BCUT2D eigenvalue weighted by molar-refractivity contribution is 7.88. The zero-order valence-corrected chi connectivity index (χ0v) is 19.7. The third-order valence-corrected chi connectivity index (χ3v) is 7.88. The van der Waals surface area contributed by atoms with Gasteiger partial charge in [-0.2, -0.15) is 4.31 Å². The molecule has 3 fully saturated rings. The summed E-state index contributed by atoms with van der Waals surface area (Å²) in [7, 11) is -3.31. The zero-order valence-electron chi connectivity index (χ0n) is 18.9. The average Bonchev–Trinajstić information content (AvgIpc) is 3.19. The Kier molecular flexibility index (Phi) is 6.72. The van der Waals surface area contributed by atoms with Crippen molar-refractivity contribution in [1.82, 2.24) is 14.5 Å². The highest BCUT2D eigenvalue weighted by atomic mass is 32.2. The van der Waals surface area contributed by atoms with Crippen LogP contribution < -0.4 is 5.32 Å². The minimum Gasteiger partial charge on any atom is -0.444 e. The second-order valence-corrected chi connectivity index (χ2v) is 12.1. The number of alkyl carbamates (subject to hydrolysis) is 1. The smallest absolute Gasteiger partial charge is 0.408 e. The van der Waals surface area contributed by atoms with E-state index in [1.54, 1.807) is 25.1 Å². The van der Waals surface area contributed by atoms with E-state index < -0.39 is 27.8 Å². The Balaban J connectivity index is 1.79. The highest BCUT2D eigenvalue weighted by Crippen LogP contribution is 2.38. The summed E-state index contributed by atoms with van der Waals surface area (Å²) in [4.78, 5) is 28.0. The lowest BCUT2D eigenvalue weighted by atomic mass is 9.83. The van der Waals surface area contributed by atoms with E-state index in [1.807, 2.05) is 11.8 Å². The first-order chi connectivity index (χ1) is 13.9. The second kappa shape index (κ2) is 8.65. The highest BCUT2D eigenvalue weighted by Gasteiger charge is 2.52. The number of rotatable bonds is 4. The number of sulfonamides is 1. The van der Waals surface area contributed by atoms with E-state index in [4.69, 9.17) is 4.74 Å². The van der Waals surface area contributed by atoms with Gasteiger partial charge in [-0.25, -0.2) is 13.2 Å². The van der Waals surface area contributed by atoms with Crippen LogP contribution in [0.25, 0.3) is 0 Å². The number of ether oxygens (including phenoxy) is 1. The standard InChI is InChI=1S/C21H37N3O5S/c1-14-13-24(30(5,27)28)16-11-12-23(18(14)16)19(25)17(15-9-7-6-8-10-15)22-20(26)29-21(2,3)4/h14-18H,6-13H2,1-5H3,(H,22,26). The van der Waals surface area contributed by atoms with Crippen molar-refractivity contribution >= 4 is 22.0 Å². The van der Waals surface area contributed by atoms with Gasteiger partial charge < -0.3 is 15.0 Å². The summed E-state index contributed by atoms with van der Waals surface area (Å²) in [5.74, 6) is 0.0488. The van der Waals surface area contributed by atoms with Crippen molar-refractivity contribution in [2.45, 2.75) is 89.9 Å². The molecule has 1 N–H and O–H groups in total. The molecular weight excluding hydrogens is 406 g/mol. The molecule has 8 nitrogen and oxygen atoms in total. The third kappa shape index (κ3) is 5.10. The number of likely N-dealkylation sites (tertiary alicyclic amines) is 1. The van der Waals surface area contributed by atoms with Crippen molar-refractivity contribution in [2.75, 3.05) is 19.3 Å². The maximum atomic E-state index is 13.7. The maximum Gasteiger partial charge on any atom is 0.408 e. The van der Waals surface area contributed by atoms with Gasteiger partial charge in [0.1, 0.15) is 11.6 Å². The third-order valence-electron chi connectivity index (χ3n) is 6.61. The lowest BCUT2D eigenvalue weighted by molar-refractivity contribution is -0.136. The molecule has 3 rings (SSSR count). The van der Waals surface area contributed by atoms with Crippen LogP contribution in [0.3, 0.4) is 0 Å². The second-order valence-electron chi connectivity index (χ2n) is 10.2. The Morgan fingerprint density at radius 3 is 2.30 bits per heavy atom. The van der Waals surface area contributed by atoms with E-state index >= 15 is 0 Å². The molecule has 2 heterocycles. The van der Waals surface area contributed by atoms with Crippen molar-refractivity contribution in [3.8, 4) is 0 Å². The molecule has 0 bridgehead atoms. The van der Waals surface area contributed by atoms with Gasteiger partial charge in [0.15, 0.2) is 0 Å². The summed E-state index contributed by atoms with van der Waals surface area (Å²) in [5.41, 5.74) is -0.640. The van der Waals surface area contributed by atoms with Crippen molar-refractivity contribution in [3.63, 3.8) is 0 Å². The fourth-order valence-electron chi connectivity index (χ4n) is 5.43. The largest absolute Gasteiger partial charge is 0.444 e. The molecule has 2 saturated heterocycles. The van der Waals surface area contributed by atoms with Crippen molar-refractivity contribution in [2.24, 2.45) is 11.8 Å². The van der Waals surface area contributed by atoms with Gasteiger partial charge in [0.25, 0.3) is 0 Å². The molecule has 1 saturated carbocycles. The van der Waals surface area contributed by atoms with Crippen LogP contribution in [0.5, 0.6) is 0 Å². The van der Waals surface area contributed by atoms with Crippen LogP contribution >= 0.6 is 0 Å². The molecule has 3 aliphatic rings. The summed E-state index contributed by atoms with van der Waals surface area (Å²) in [6, 6.07) is -0.940. The van der Waals surface area contributed by atoms with Gasteiger partial charge >= 0.3 is 6.09 Å². The van der Waals surface area contributed by atoms with Gasteiger partial charge in [-0.1, -0.05) is 26.2 Å². The average molecular weight is 444 g/mol. The van der Waals surface area contributed by atoms with Gasteiger partial charge in [-0.3, -0.25) is 4.79 Å². The predicted molar refractivity (Wildman–Crippen MR) is 114 cm³/mol. The molecule has 4 atom stereocenters. The quantitative estimate of drug-likeness (QED) is 0.719. The van der Waals surface area contributed by atoms with Crippen LogP contribution in [0.1, 0.15) is 66.2 Å². The Labute approximate surface area is 180 Å². The molecule has 4 unspecified atom stereocenters. The number of hydrogen-bond donors (Lipinski definition) is 1. The molecule has 0 aromatic carbocycles. The van der Waals surface area contributed by atoms with Crippen LogP contribution in [0.4, 0.5) is 4.79 Å². The van der Waals surface area contributed by atoms with Crippen LogP contribution in [0.2, 0.25) is 0 Å². The molecule has 2 aliphatic heterocycles. The number of carbonyl (C=O) groups excluding carboxylic acids is 2. The Morgan fingerprint density at radius 2 is 1.73 bits per heavy atom.